The molecule has 176 valence electrons. The van der Waals surface area contributed by atoms with Crippen LogP contribution in [0, 0.1) is 0 Å². The van der Waals surface area contributed by atoms with Crippen LogP contribution in [0.25, 0.3) is 33.1 Å². The number of nitrogens with zero attached hydrogens (tertiary/aromatic N) is 5. The second kappa shape index (κ2) is 8.95. The molecule has 5 rings (SSSR count). The number of piperazine rings is 1. The van der Waals surface area contributed by atoms with Gasteiger partial charge in [0, 0.05) is 74.2 Å². The lowest BCUT2D eigenvalue weighted by Crippen LogP contribution is -2.48. The van der Waals surface area contributed by atoms with Gasteiger partial charge in [0.25, 0.3) is 11.5 Å². The van der Waals surface area contributed by atoms with Gasteiger partial charge in [0.15, 0.2) is 0 Å². The van der Waals surface area contributed by atoms with E-state index in [1.807, 2.05) is 40.9 Å². The quantitative estimate of drug-likeness (QED) is 0.450. The van der Waals surface area contributed by atoms with Crippen LogP contribution in [0.2, 0.25) is 0 Å². The number of benzene rings is 1. The SMILES string of the molecule is C=CCCn1cc(-c2cc(C(=O)N3CCN(CC)CC3)cc3c2ncn3C)c2cc[nH]c2c1=O. The third-order valence-electron chi connectivity index (χ3n) is 6.84. The van der Waals surface area contributed by atoms with Crippen molar-refractivity contribution in [2.75, 3.05) is 32.7 Å². The van der Waals surface area contributed by atoms with Gasteiger partial charge in [-0.25, -0.2) is 4.98 Å². The molecule has 8 heteroatoms. The number of allylic oxidation sites excluding steroid dienone is 1. The molecule has 8 nitrogen and oxygen atoms in total. The molecule has 1 aliphatic heterocycles. The van der Waals surface area contributed by atoms with Gasteiger partial charge in [-0.15, -0.1) is 6.58 Å². The average molecular weight is 459 g/mol. The third kappa shape index (κ3) is 3.74. The number of carbonyl (C=O) groups excluding carboxylic acids is 1. The summed E-state index contributed by atoms with van der Waals surface area (Å²) in [6.07, 6.45) is 7.93. The Kier molecular flexibility index (Phi) is 5.83. The number of rotatable bonds is 6. The first-order chi connectivity index (χ1) is 16.5. The van der Waals surface area contributed by atoms with Gasteiger partial charge in [-0.1, -0.05) is 13.0 Å². The monoisotopic (exact) mass is 458 g/mol. The number of hydrogen-bond donors (Lipinski definition) is 1. The Morgan fingerprint density at radius 2 is 2.00 bits per heavy atom. The summed E-state index contributed by atoms with van der Waals surface area (Å²) in [5.41, 5.74) is 4.57. The minimum atomic E-state index is -0.0658. The Labute approximate surface area is 198 Å². The average Bonchev–Trinajstić information content (AvgIpc) is 3.50. The number of carbonyl (C=O) groups is 1. The minimum absolute atomic E-state index is 0.0328. The molecule has 0 aliphatic carbocycles. The molecule has 0 unspecified atom stereocenters. The van der Waals surface area contributed by atoms with Crippen molar-refractivity contribution in [3.8, 4) is 11.1 Å². The molecule has 0 spiro atoms. The van der Waals surface area contributed by atoms with Crippen molar-refractivity contribution in [1.82, 2.24) is 28.9 Å². The maximum atomic E-state index is 13.5. The van der Waals surface area contributed by atoms with E-state index in [-0.39, 0.29) is 11.5 Å². The number of fused-ring (bicyclic) bond motifs is 2. The molecule has 1 fully saturated rings. The van der Waals surface area contributed by atoms with E-state index in [0.717, 1.165) is 60.3 Å². The second-order valence-electron chi connectivity index (χ2n) is 8.86. The summed E-state index contributed by atoms with van der Waals surface area (Å²) < 4.78 is 3.65. The van der Waals surface area contributed by atoms with Crippen LogP contribution in [-0.4, -0.2) is 67.5 Å². The van der Waals surface area contributed by atoms with E-state index >= 15 is 0 Å². The number of amides is 1. The topological polar surface area (TPSA) is 79.2 Å². The Balaban J connectivity index is 1.66. The Morgan fingerprint density at radius 1 is 1.21 bits per heavy atom. The maximum absolute atomic E-state index is 13.5. The fraction of sp³-hybridized carbons (Fsp3) is 0.346. The first-order valence-electron chi connectivity index (χ1n) is 11.8. The summed E-state index contributed by atoms with van der Waals surface area (Å²) in [6, 6.07) is 5.79. The van der Waals surface area contributed by atoms with Gasteiger partial charge in [-0.3, -0.25) is 9.59 Å². The van der Waals surface area contributed by atoms with E-state index in [0.29, 0.717) is 24.0 Å². The molecule has 34 heavy (non-hydrogen) atoms. The lowest BCUT2D eigenvalue weighted by Gasteiger charge is -2.34. The van der Waals surface area contributed by atoms with Crippen molar-refractivity contribution in [2.45, 2.75) is 19.9 Å². The van der Waals surface area contributed by atoms with E-state index < -0.39 is 0 Å². The number of likely N-dealkylation sites (N-methyl/N-ethyl adjacent to an activating group) is 1. The van der Waals surface area contributed by atoms with E-state index in [1.165, 1.54) is 0 Å². The van der Waals surface area contributed by atoms with Gasteiger partial charge in [0.2, 0.25) is 0 Å². The van der Waals surface area contributed by atoms with Crippen molar-refractivity contribution < 1.29 is 4.79 Å². The molecular formula is C26H30N6O2. The predicted molar refractivity (Wildman–Crippen MR) is 135 cm³/mol. The number of aryl methyl sites for hydroxylation is 2. The molecule has 1 saturated heterocycles. The van der Waals surface area contributed by atoms with Gasteiger partial charge in [-0.2, -0.15) is 0 Å². The van der Waals surface area contributed by atoms with Crippen LogP contribution in [0.5, 0.6) is 0 Å². The summed E-state index contributed by atoms with van der Waals surface area (Å²) in [4.78, 5) is 38.6. The maximum Gasteiger partial charge on any atom is 0.274 e. The number of pyridine rings is 1. The van der Waals surface area contributed by atoms with Crippen LogP contribution in [0.4, 0.5) is 0 Å². The third-order valence-corrected chi connectivity index (χ3v) is 6.84. The van der Waals surface area contributed by atoms with Crippen LogP contribution in [0.3, 0.4) is 0 Å². The minimum Gasteiger partial charge on any atom is -0.357 e. The van der Waals surface area contributed by atoms with Crippen molar-refractivity contribution in [3.63, 3.8) is 0 Å². The highest BCUT2D eigenvalue weighted by Gasteiger charge is 2.24. The highest BCUT2D eigenvalue weighted by molar-refractivity contribution is 6.06. The standard InChI is InChI=1S/C26H30N6O2/c1-4-6-9-32-16-21(19-7-8-27-24(19)26(32)34)20-14-18(15-22-23(20)28-17-29(22)3)25(33)31-12-10-30(5-2)11-13-31/h4,7-8,14-17,27H,1,5-6,9-13H2,2-3H3. The van der Waals surface area contributed by atoms with Gasteiger partial charge in [0.05, 0.1) is 17.4 Å². The van der Waals surface area contributed by atoms with Gasteiger partial charge >= 0.3 is 0 Å². The molecule has 4 aromatic rings. The molecule has 1 amide bonds. The fourth-order valence-corrected chi connectivity index (χ4v) is 4.82. The first-order valence-corrected chi connectivity index (χ1v) is 11.8. The zero-order valence-corrected chi connectivity index (χ0v) is 19.8. The van der Waals surface area contributed by atoms with Crippen LogP contribution >= 0.6 is 0 Å². The van der Waals surface area contributed by atoms with E-state index in [9.17, 15) is 9.59 Å². The zero-order chi connectivity index (χ0) is 23.8. The van der Waals surface area contributed by atoms with Crippen molar-refractivity contribution in [2.24, 2.45) is 7.05 Å². The summed E-state index contributed by atoms with van der Waals surface area (Å²) in [7, 11) is 1.93. The largest absolute Gasteiger partial charge is 0.357 e. The summed E-state index contributed by atoms with van der Waals surface area (Å²) >= 11 is 0. The molecule has 1 aromatic carbocycles. The summed E-state index contributed by atoms with van der Waals surface area (Å²) in [5.74, 6) is 0.0328. The van der Waals surface area contributed by atoms with Crippen molar-refractivity contribution >= 4 is 27.8 Å². The smallest absolute Gasteiger partial charge is 0.274 e. The molecule has 0 atom stereocenters. The summed E-state index contributed by atoms with van der Waals surface area (Å²) in [5, 5.41) is 0.827. The second-order valence-corrected chi connectivity index (χ2v) is 8.86. The van der Waals surface area contributed by atoms with E-state index in [4.69, 9.17) is 0 Å². The van der Waals surface area contributed by atoms with Crippen LogP contribution in [-0.2, 0) is 13.6 Å². The van der Waals surface area contributed by atoms with E-state index in [1.54, 1.807) is 23.2 Å². The van der Waals surface area contributed by atoms with Gasteiger partial charge < -0.3 is 23.9 Å². The first kappa shape index (κ1) is 22.2. The lowest BCUT2D eigenvalue weighted by atomic mass is 9.99. The van der Waals surface area contributed by atoms with Crippen molar-refractivity contribution in [3.05, 3.63) is 65.5 Å². The molecule has 4 heterocycles. The zero-order valence-electron chi connectivity index (χ0n) is 19.8. The number of nitrogens with one attached hydrogen (secondary N) is 1. The Hall–Kier alpha value is -3.65. The molecule has 0 radical (unpaired) electrons. The molecule has 3 aromatic heterocycles. The number of aromatic amines is 1. The van der Waals surface area contributed by atoms with Gasteiger partial charge in [0.1, 0.15) is 5.52 Å². The number of hydrogen-bond acceptors (Lipinski definition) is 4. The van der Waals surface area contributed by atoms with Crippen molar-refractivity contribution in [1.29, 1.82) is 0 Å². The molecule has 0 bridgehead atoms. The highest BCUT2D eigenvalue weighted by atomic mass is 16.2. The molecule has 0 saturated carbocycles. The molecule has 1 N–H and O–H groups in total. The number of imidazole rings is 1. The Morgan fingerprint density at radius 3 is 2.74 bits per heavy atom. The Bertz CT molecular complexity index is 1440. The summed E-state index contributed by atoms with van der Waals surface area (Å²) in [6.45, 7) is 10.7. The number of aromatic nitrogens is 4. The van der Waals surface area contributed by atoms with Crippen LogP contribution < -0.4 is 5.56 Å². The number of H-pyrrole nitrogens is 1. The highest BCUT2D eigenvalue weighted by Crippen LogP contribution is 2.33. The van der Waals surface area contributed by atoms with Gasteiger partial charge in [-0.05, 0) is 31.2 Å². The predicted octanol–water partition coefficient (Wildman–Crippen LogP) is 3.24. The fourth-order valence-electron chi connectivity index (χ4n) is 4.82. The van der Waals surface area contributed by atoms with E-state index in [2.05, 4.69) is 28.4 Å². The molecular weight excluding hydrogens is 428 g/mol. The normalized spacial score (nSPS) is 14.8. The lowest BCUT2D eigenvalue weighted by molar-refractivity contribution is 0.0643. The molecule has 1 aliphatic rings. The van der Waals surface area contributed by atoms with Crippen LogP contribution in [0.1, 0.15) is 23.7 Å². The van der Waals surface area contributed by atoms with Crippen LogP contribution in [0.15, 0.2) is 54.4 Å².